The van der Waals surface area contributed by atoms with E-state index in [0.29, 0.717) is 39.1 Å². The summed E-state index contributed by atoms with van der Waals surface area (Å²) in [7, 11) is 0. The van der Waals surface area contributed by atoms with Crippen LogP contribution in [0.1, 0.15) is 28.8 Å². The number of nitrogens with zero attached hydrogens (tertiary/aromatic N) is 1. The molecule has 4 rings (SSSR count). The highest BCUT2D eigenvalue weighted by atomic mass is 32.1. The Balaban J connectivity index is 1.68. The molecule has 5 heteroatoms. The fourth-order valence-corrected chi connectivity index (χ4v) is 4.52. The first-order valence-electron chi connectivity index (χ1n) is 9.24. The van der Waals surface area contributed by atoms with Gasteiger partial charge in [0.2, 0.25) is 5.91 Å². The molecule has 0 atom stereocenters. The first-order chi connectivity index (χ1) is 13.3. The summed E-state index contributed by atoms with van der Waals surface area (Å²) in [5.74, 6) is 0.173. The number of rotatable bonds is 6. The van der Waals surface area contributed by atoms with Crippen molar-refractivity contribution >= 4 is 17.2 Å². The molecule has 0 saturated carbocycles. The summed E-state index contributed by atoms with van der Waals surface area (Å²) in [4.78, 5) is 17.1. The van der Waals surface area contributed by atoms with Gasteiger partial charge in [-0.1, -0.05) is 36.4 Å². The molecule has 1 amide bonds. The van der Waals surface area contributed by atoms with Crippen molar-refractivity contribution in [1.82, 2.24) is 4.90 Å². The molecule has 0 aliphatic carbocycles. The van der Waals surface area contributed by atoms with Crippen LogP contribution in [-0.2, 0) is 28.0 Å². The Bertz CT molecular complexity index is 801. The molecule has 0 unspecified atom stereocenters. The SMILES string of the molecule is O=C(N(Cc1ccoc1)Cc1cccs1)C1(c2ccccc2)CCOCC1. The number of carbonyl (C=O) groups is 1. The van der Waals surface area contributed by atoms with E-state index in [1.807, 2.05) is 35.2 Å². The third-order valence-electron chi connectivity index (χ3n) is 5.25. The van der Waals surface area contributed by atoms with Crippen LogP contribution >= 0.6 is 11.3 Å². The monoisotopic (exact) mass is 381 g/mol. The molecule has 0 N–H and O–H groups in total. The molecule has 1 fully saturated rings. The van der Waals surface area contributed by atoms with Gasteiger partial charge in [-0.2, -0.15) is 0 Å². The Hall–Kier alpha value is -2.37. The van der Waals surface area contributed by atoms with Gasteiger partial charge in [-0.25, -0.2) is 0 Å². The van der Waals surface area contributed by atoms with Crippen molar-refractivity contribution in [3.8, 4) is 0 Å². The van der Waals surface area contributed by atoms with Gasteiger partial charge >= 0.3 is 0 Å². The molecule has 3 aromatic rings. The summed E-state index contributed by atoms with van der Waals surface area (Å²) in [6, 6.07) is 16.2. The van der Waals surface area contributed by atoms with Crippen LogP contribution < -0.4 is 0 Å². The Morgan fingerprint density at radius 1 is 1.04 bits per heavy atom. The predicted molar refractivity (Wildman–Crippen MR) is 105 cm³/mol. The van der Waals surface area contributed by atoms with E-state index in [1.165, 1.54) is 4.88 Å². The molecule has 0 radical (unpaired) electrons. The smallest absolute Gasteiger partial charge is 0.234 e. The third-order valence-corrected chi connectivity index (χ3v) is 6.11. The third kappa shape index (κ3) is 3.84. The number of amides is 1. The van der Waals surface area contributed by atoms with Crippen LogP contribution in [0.5, 0.6) is 0 Å². The van der Waals surface area contributed by atoms with Gasteiger partial charge in [-0.3, -0.25) is 4.79 Å². The molecule has 0 spiro atoms. The average molecular weight is 381 g/mol. The predicted octanol–water partition coefficient (Wildman–Crippen LogP) is 4.62. The minimum atomic E-state index is -0.527. The largest absolute Gasteiger partial charge is 0.472 e. The number of thiophene rings is 1. The van der Waals surface area contributed by atoms with Crippen molar-refractivity contribution in [2.24, 2.45) is 0 Å². The van der Waals surface area contributed by atoms with Gasteiger partial charge in [0.25, 0.3) is 0 Å². The Morgan fingerprint density at radius 2 is 1.85 bits per heavy atom. The van der Waals surface area contributed by atoms with Crippen molar-refractivity contribution in [3.05, 3.63) is 82.4 Å². The topological polar surface area (TPSA) is 42.7 Å². The first-order valence-corrected chi connectivity index (χ1v) is 10.1. The zero-order valence-electron chi connectivity index (χ0n) is 15.2. The molecule has 1 aliphatic heterocycles. The van der Waals surface area contributed by atoms with Gasteiger partial charge in [0.15, 0.2) is 0 Å². The maximum atomic E-state index is 13.9. The van der Waals surface area contributed by atoms with Crippen LogP contribution in [0.3, 0.4) is 0 Å². The van der Waals surface area contributed by atoms with Crippen molar-refractivity contribution in [2.45, 2.75) is 31.3 Å². The Kier molecular flexibility index (Phi) is 5.41. The maximum absolute atomic E-state index is 13.9. The summed E-state index contributed by atoms with van der Waals surface area (Å²) < 4.78 is 10.8. The number of ether oxygens (including phenoxy) is 1. The summed E-state index contributed by atoms with van der Waals surface area (Å²) >= 11 is 1.68. The number of hydrogen-bond acceptors (Lipinski definition) is 4. The van der Waals surface area contributed by atoms with Gasteiger partial charge in [0.05, 0.1) is 24.5 Å². The van der Waals surface area contributed by atoms with E-state index in [9.17, 15) is 4.79 Å². The standard InChI is InChI=1S/C22H23NO3S/c24-21(22(9-12-25-13-10-22)19-5-2-1-3-6-19)23(15-18-8-11-26-17-18)16-20-7-4-14-27-20/h1-8,11,14,17H,9-10,12-13,15-16H2. The lowest BCUT2D eigenvalue weighted by atomic mass is 9.73. The number of benzene rings is 1. The van der Waals surface area contributed by atoms with Gasteiger partial charge in [-0.15, -0.1) is 11.3 Å². The lowest BCUT2D eigenvalue weighted by Crippen LogP contribution is -2.49. The summed E-state index contributed by atoms with van der Waals surface area (Å²) in [5, 5.41) is 2.05. The van der Waals surface area contributed by atoms with E-state index in [1.54, 1.807) is 23.9 Å². The fraction of sp³-hybridized carbons (Fsp3) is 0.318. The van der Waals surface area contributed by atoms with Crippen molar-refractivity contribution in [2.75, 3.05) is 13.2 Å². The lowest BCUT2D eigenvalue weighted by Gasteiger charge is -2.40. The molecule has 0 bridgehead atoms. The second-order valence-electron chi connectivity index (χ2n) is 6.93. The summed E-state index contributed by atoms with van der Waals surface area (Å²) in [6.45, 7) is 2.37. The van der Waals surface area contributed by atoms with Gasteiger partial charge < -0.3 is 14.1 Å². The highest BCUT2D eigenvalue weighted by Crippen LogP contribution is 2.37. The van der Waals surface area contributed by atoms with Crippen LogP contribution in [0.25, 0.3) is 0 Å². The van der Waals surface area contributed by atoms with E-state index in [-0.39, 0.29) is 5.91 Å². The van der Waals surface area contributed by atoms with Crippen LogP contribution in [0.2, 0.25) is 0 Å². The van der Waals surface area contributed by atoms with Gasteiger partial charge in [0, 0.05) is 30.2 Å². The lowest BCUT2D eigenvalue weighted by molar-refractivity contribution is -0.142. The highest BCUT2D eigenvalue weighted by Gasteiger charge is 2.44. The molecule has 3 heterocycles. The summed E-state index contributed by atoms with van der Waals surface area (Å²) in [6.07, 6.45) is 4.79. The minimum absolute atomic E-state index is 0.173. The van der Waals surface area contributed by atoms with Crippen LogP contribution in [0.4, 0.5) is 0 Å². The van der Waals surface area contributed by atoms with E-state index in [4.69, 9.17) is 9.15 Å². The van der Waals surface area contributed by atoms with Crippen LogP contribution in [0.15, 0.2) is 70.9 Å². The van der Waals surface area contributed by atoms with Gasteiger partial charge in [-0.05, 0) is 35.9 Å². The molecular formula is C22H23NO3S. The summed E-state index contributed by atoms with van der Waals surface area (Å²) in [5.41, 5.74) is 1.57. The second kappa shape index (κ2) is 8.11. The molecule has 2 aromatic heterocycles. The first kappa shape index (κ1) is 18.0. The van der Waals surface area contributed by atoms with E-state index < -0.39 is 5.41 Å². The average Bonchev–Trinajstić information content (AvgIpc) is 3.42. The Morgan fingerprint density at radius 3 is 2.52 bits per heavy atom. The molecule has 1 saturated heterocycles. The number of carbonyl (C=O) groups excluding carboxylic acids is 1. The van der Waals surface area contributed by atoms with Crippen molar-refractivity contribution in [1.29, 1.82) is 0 Å². The molecular weight excluding hydrogens is 358 g/mol. The molecule has 4 nitrogen and oxygen atoms in total. The van der Waals surface area contributed by atoms with Crippen LogP contribution in [0, 0.1) is 0 Å². The minimum Gasteiger partial charge on any atom is -0.472 e. The highest BCUT2D eigenvalue weighted by molar-refractivity contribution is 7.09. The van der Waals surface area contributed by atoms with E-state index in [2.05, 4.69) is 23.6 Å². The molecule has 27 heavy (non-hydrogen) atoms. The van der Waals surface area contributed by atoms with Crippen LogP contribution in [-0.4, -0.2) is 24.0 Å². The number of hydrogen-bond donors (Lipinski definition) is 0. The van der Waals surface area contributed by atoms with E-state index in [0.717, 1.165) is 11.1 Å². The maximum Gasteiger partial charge on any atom is 0.234 e. The molecule has 1 aromatic carbocycles. The van der Waals surface area contributed by atoms with Crippen molar-refractivity contribution < 1.29 is 13.9 Å². The second-order valence-corrected chi connectivity index (χ2v) is 7.96. The Labute approximate surface area is 163 Å². The van der Waals surface area contributed by atoms with Crippen molar-refractivity contribution in [3.63, 3.8) is 0 Å². The fourth-order valence-electron chi connectivity index (χ4n) is 3.80. The van der Waals surface area contributed by atoms with Gasteiger partial charge in [0.1, 0.15) is 0 Å². The molecule has 140 valence electrons. The molecule has 1 aliphatic rings. The zero-order chi connectivity index (χ0) is 18.5. The normalized spacial score (nSPS) is 16.1. The number of furan rings is 1. The van der Waals surface area contributed by atoms with E-state index >= 15 is 0 Å². The quantitative estimate of drug-likeness (QED) is 0.626. The zero-order valence-corrected chi connectivity index (χ0v) is 16.0.